The Labute approximate surface area is 215 Å². The highest BCUT2D eigenvalue weighted by atomic mass is 32.1. The van der Waals surface area contributed by atoms with Crippen molar-refractivity contribution in [1.29, 1.82) is 0 Å². The van der Waals surface area contributed by atoms with Gasteiger partial charge >= 0.3 is 6.01 Å². The van der Waals surface area contributed by atoms with E-state index >= 15 is 0 Å². The lowest BCUT2D eigenvalue weighted by atomic mass is 10.1. The van der Waals surface area contributed by atoms with E-state index in [2.05, 4.69) is 20.1 Å². The number of fused-ring (bicyclic) bond motifs is 2. The molecule has 0 atom stereocenters. The maximum atomic E-state index is 6.25. The van der Waals surface area contributed by atoms with Crippen molar-refractivity contribution >= 4 is 27.3 Å². The van der Waals surface area contributed by atoms with Gasteiger partial charge in [0.15, 0.2) is 5.76 Å². The van der Waals surface area contributed by atoms with Crippen molar-refractivity contribution in [2.75, 3.05) is 21.3 Å². The van der Waals surface area contributed by atoms with Crippen LogP contribution in [-0.2, 0) is 6.61 Å². The van der Waals surface area contributed by atoms with Crippen LogP contribution in [0, 0.1) is 0 Å². The summed E-state index contributed by atoms with van der Waals surface area (Å²) in [7, 11) is 4.73. The fourth-order valence-corrected chi connectivity index (χ4v) is 4.60. The molecule has 4 heterocycles. The van der Waals surface area contributed by atoms with Gasteiger partial charge in [-0.1, -0.05) is 18.2 Å². The van der Waals surface area contributed by atoms with Gasteiger partial charge in [-0.15, -0.1) is 5.10 Å². The summed E-state index contributed by atoms with van der Waals surface area (Å²) >= 11 is 1.35. The molecule has 6 aromatic rings. The summed E-state index contributed by atoms with van der Waals surface area (Å²) < 4.78 is 29.8. The van der Waals surface area contributed by atoms with Crippen molar-refractivity contribution in [3.63, 3.8) is 0 Å². The summed E-state index contributed by atoms with van der Waals surface area (Å²) in [5.41, 5.74) is 4.16. The molecule has 0 fully saturated rings. The van der Waals surface area contributed by atoms with Crippen LogP contribution in [0.2, 0.25) is 0 Å². The number of imidazole rings is 1. The number of hydrogen-bond acceptors (Lipinski definition) is 10. The monoisotopic (exact) mass is 515 g/mol. The number of nitrogens with zero attached hydrogens (tertiary/aromatic N) is 5. The van der Waals surface area contributed by atoms with Gasteiger partial charge in [-0.05, 0) is 34.6 Å². The third-order valence-corrected chi connectivity index (χ3v) is 6.61. The number of benzene rings is 2. The molecule has 0 saturated heterocycles. The van der Waals surface area contributed by atoms with Gasteiger partial charge in [0.05, 0.1) is 32.9 Å². The predicted molar refractivity (Wildman–Crippen MR) is 138 cm³/mol. The maximum absolute atomic E-state index is 6.25. The van der Waals surface area contributed by atoms with E-state index in [0.29, 0.717) is 51.3 Å². The first-order valence-electron chi connectivity index (χ1n) is 11.2. The SMILES string of the molecule is COc1cc(OCc2cccc(-c3cnc(OC)nc3)c2)c2cc(-c3cn4nc(OC)sc4n3)oc2c1. The van der Waals surface area contributed by atoms with Crippen molar-refractivity contribution in [3.8, 4) is 45.3 Å². The molecule has 37 heavy (non-hydrogen) atoms. The van der Waals surface area contributed by atoms with Crippen molar-refractivity contribution in [1.82, 2.24) is 24.6 Å². The van der Waals surface area contributed by atoms with Gasteiger partial charge < -0.3 is 23.4 Å². The predicted octanol–water partition coefficient (Wildman–Crippen LogP) is 5.27. The topological polar surface area (TPSA) is 106 Å². The zero-order valence-corrected chi connectivity index (χ0v) is 21.0. The molecule has 0 aliphatic rings. The first-order chi connectivity index (χ1) is 18.1. The highest BCUT2D eigenvalue weighted by molar-refractivity contribution is 7.18. The molecule has 2 aromatic carbocycles. The molecule has 4 aromatic heterocycles. The quantitative estimate of drug-likeness (QED) is 0.268. The average Bonchev–Trinajstić information content (AvgIpc) is 3.65. The molecule has 0 amide bonds. The van der Waals surface area contributed by atoms with E-state index in [0.717, 1.165) is 22.1 Å². The van der Waals surface area contributed by atoms with Crippen LogP contribution in [0.15, 0.2) is 65.5 Å². The largest absolute Gasteiger partial charge is 0.496 e. The highest BCUT2D eigenvalue weighted by Crippen LogP contribution is 2.37. The Morgan fingerprint density at radius 2 is 1.81 bits per heavy atom. The van der Waals surface area contributed by atoms with Gasteiger partial charge in [-0.2, -0.15) is 0 Å². The Morgan fingerprint density at radius 3 is 2.57 bits per heavy atom. The van der Waals surface area contributed by atoms with Crippen LogP contribution < -0.4 is 18.9 Å². The molecule has 10 nitrogen and oxygen atoms in total. The van der Waals surface area contributed by atoms with E-state index in [1.807, 2.05) is 42.5 Å². The minimum atomic E-state index is 0.330. The van der Waals surface area contributed by atoms with Gasteiger partial charge in [0.2, 0.25) is 4.96 Å². The highest BCUT2D eigenvalue weighted by Gasteiger charge is 2.17. The number of furan rings is 1. The van der Waals surface area contributed by atoms with Gasteiger partial charge in [0.1, 0.15) is 29.4 Å². The van der Waals surface area contributed by atoms with E-state index < -0.39 is 0 Å². The Bertz CT molecular complexity index is 1670. The summed E-state index contributed by atoms with van der Waals surface area (Å²) in [6.45, 7) is 0.345. The summed E-state index contributed by atoms with van der Waals surface area (Å²) in [5.74, 6) is 1.87. The molecular weight excluding hydrogens is 494 g/mol. The van der Waals surface area contributed by atoms with E-state index in [9.17, 15) is 0 Å². The fourth-order valence-electron chi connectivity index (χ4n) is 3.90. The van der Waals surface area contributed by atoms with Gasteiger partial charge in [-0.3, -0.25) is 0 Å². The molecule has 186 valence electrons. The molecule has 0 bridgehead atoms. The van der Waals surface area contributed by atoms with Gasteiger partial charge in [-0.25, -0.2) is 19.5 Å². The van der Waals surface area contributed by atoms with E-state index in [1.54, 1.807) is 37.3 Å². The summed E-state index contributed by atoms with van der Waals surface area (Å²) in [4.78, 5) is 13.7. The molecule has 0 spiro atoms. The first-order valence-corrected chi connectivity index (χ1v) is 12.1. The van der Waals surface area contributed by atoms with E-state index in [1.165, 1.54) is 18.4 Å². The average molecular weight is 516 g/mol. The molecular formula is C26H21N5O5S. The van der Waals surface area contributed by atoms with Gasteiger partial charge in [0.25, 0.3) is 5.19 Å². The van der Waals surface area contributed by atoms with E-state index in [4.69, 9.17) is 23.4 Å². The van der Waals surface area contributed by atoms with Crippen LogP contribution in [-0.4, -0.2) is 45.9 Å². The standard InChI is InChI=1S/C26H21N5O5S/c1-32-18-8-21(35-14-15-5-4-6-16(7-15)17-11-27-24(33-2)28-12-17)19-10-23(36-22(19)9-18)20-13-31-25(29-20)37-26(30-31)34-3/h4-13H,14H2,1-3H3. The van der Waals surface area contributed by atoms with Crippen molar-refractivity contribution in [3.05, 3.63) is 66.6 Å². The molecule has 0 unspecified atom stereocenters. The normalized spacial score (nSPS) is 11.2. The first kappa shape index (κ1) is 22.8. The van der Waals surface area contributed by atoms with Crippen molar-refractivity contribution in [2.24, 2.45) is 0 Å². The van der Waals surface area contributed by atoms with Crippen LogP contribution in [0.4, 0.5) is 0 Å². The Kier molecular flexibility index (Phi) is 5.81. The zero-order valence-electron chi connectivity index (χ0n) is 20.2. The Hall–Kier alpha value is -4.64. The second-order valence-corrected chi connectivity index (χ2v) is 8.94. The molecule has 0 aliphatic heterocycles. The maximum Gasteiger partial charge on any atom is 0.316 e. The van der Waals surface area contributed by atoms with Crippen LogP contribution in [0.5, 0.6) is 22.7 Å². The molecule has 6 rings (SSSR count). The minimum absolute atomic E-state index is 0.330. The smallest absolute Gasteiger partial charge is 0.316 e. The fraction of sp³-hybridized carbons (Fsp3) is 0.154. The third kappa shape index (κ3) is 4.40. The molecule has 0 radical (unpaired) electrons. The molecule has 0 N–H and O–H groups in total. The molecule has 0 aliphatic carbocycles. The number of aromatic nitrogens is 5. The second-order valence-electron chi connectivity index (χ2n) is 8.02. The van der Waals surface area contributed by atoms with Gasteiger partial charge in [0, 0.05) is 30.1 Å². The minimum Gasteiger partial charge on any atom is -0.496 e. The lowest BCUT2D eigenvalue weighted by molar-refractivity contribution is 0.307. The Balaban J connectivity index is 1.28. The van der Waals surface area contributed by atoms with Crippen LogP contribution >= 0.6 is 11.3 Å². The van der Waals surface area contributed by atoms with Crippen molar-refractivity contribution < 1.29 is 23.4 Å². The number of rotatable bonds is 8. The van der Waals surface area contributed by atoms with Crippen LogP contribution in [0.3, 0.4) is 0 Å². The Morgan fingerprint density at radius 1 is 0.946 bits per heavy atom. The number of methoxy groups -OCH3 is 3. The third-order valence-electron chi connectivity index (χ3n) is 5.73. The number of hydrogen-bond donors (Lipinski definition) is 0. The van der Waals surface area contributed by atoms with Crippen molar-refractivity contribution in [2.45, 2.75) is 6.61 Å². The van der Waals surface area contributed by atoms with E-state index in [-0.39, 0.29) is 0 Å². The second kappa shape index (κ2) is 9.43. The molecule has 11 heteroatoms. The summed E-state index contributed by atoms with van der Waals surface area (Å²) in [6.07, 6.45) is 5.27. The van der Waals surface area contributed by atoms with Crippen LogP contribution in [0.1, 0.15) is 5.56 Å². The van der Waals surface area contributed by atoms with Crippen LogP contribution in [0.25, 0.3) is 38.5 Å². The lowest BCUT2D eigenvalue weighted by Crippen LogP contribution is -1.97. The number of ether oxygens (including phenoxy) is 4. The summed E-state index contributed by atoms with van der Waals surface area (Å²) in [6, 6.07) is 13.9. The summed E-state index contributed by atoms with van der Waals surface area (Å²) in [5, 5.41) is 5.69. The zero-order chi connectivity index (χ0) is 25.4. The lowest BCUT2D eigenvalue weighted by Gasteiger charge is -2.10. The molecule has 0 saturated carbocycles.